The van der Waals surface area contributed by atoms with Gasteiger partial charge in [-0.3, -0.25) is 4.79 Å². The summed E-state index contributed by atoms with van der Waals surface area (Å²) in [7, 11) is 1.55. The molecule has 1 aromatic carbocycles. The summed E-state index contributed by atoms with van der Waals surface area (Å²) in [6.45, 7) is 8.22. The van der Waals surface area contributed by atoms with Crippen LogP contribution in [0.5, 0.6) is 11.5 Å². The number of pyridine rings is 1. The van der Waals surface area contributed by atoms with E-state index in [1.807, 2.05) is 6.07 Å². The van der Waals surface area contributed by atoms with Gasteiger partial charge in [0.1, 0.15) is 29.4 Å². The Balaban J connectivity index is 1.74. The Hall–Kier alpha value is -2.78. The van der Waals surface area contributed by atoms with E-state index in [2.05, 4.69) is 38.0 Å². The molecule has 1 aliphatic rings. The van der Waals surface area contributed by atoms with E-state index in [1.165, 1.54) is 6.20 Å². The highest BCUT2D eigenvalue weighted by Gasteiger charge is 2.64. The maximum absolute atomic E-state index is 12.7. The van der Waals surface area contributed by atoms with Crippen LogP contribution < -0.4 is 14.8 Å². The molecule has 1 N–H and O–H groups in total. The average molecular weight is 414 g/mol. The van der Waals surface area contributed by atoms with E-state index in [9.17, 15) is 4.79 Å². The summed E-state index contributed by atoms with van der Waals surface area (Å²) in [6, 6.07) is 10.3. The van der Waals surface area contributed by atoms with Crippen molar-refractivity contribution < 1.29 is 14.3 Å². The Morgan fingerprint density at radius 3 is 2.34 bits per heavy atom. The zero-order chi connectivity index (χ0) is 21.4. The van der Waals surface area contributed by atoms with Gasteiger partial charge in [-0.15, -0.1) is 0 Å². The van der Waals surface area contributed by atoms with Crippen LogP contribution in [0, 0.1) is 22.2 Å². The molecule has 3 rings (SSSR count). The van der Waals surface area contributed by atoms with Crippen LogP contribution in [-0.4, -0.2) is 30.1 Å². The Morgan fingerprint density at radius 2 is 1.83 bits per heavy atom. The summed E-state index contributed by atoms with van der Waals surface area (Å²) in [6.07, 6.45) is 1.36. The summed E-state index contributed by atoms with van der Waals surface area (Å²) in [5.74, 6) is 0.959. The molecule has 2 aromatic rings. The van der Waals surface area contributed by atoms with Gasteiger partial charge in [0.05, 0.1) is 23.9 Å². The minimum absolute atomic E-state index is 0.120. The number of nitrogens with zero attached hydrogens (tertiary/aromatic N) is 2. The lowest BCUT2D eigenvalue weighted by molar-refractivity contribution is -0.164. The summed E-state index contributed by atoms with van der Waals surface area (Å²) >= 11 is 6.13. The molecule has 0 spiro atoms. The molecule has 1 amide bonds. The van der Waals surface area contributed by atoms with Gasteiger partial charge < -0.3 is 14.8 Å². The molecule has 0 bridgehead atoms. The van der Waals surface area contributed by atoms with Gasteiger partial charge >= 0.3 is 0 Å². The Labute approximate surface area is 175 Å². The number of aromatic nitrogens is 1. The average Bonchev–Trinajstić information content (AvgIpc) is 2.69. The third kappa shape index (κ3) is 3.75. The standard InChI is InChI=1S/C22H24ClN3O3/c1-21(2)19(26-18(27)17-9-8-15(28-5)12-25-17)22(3,4)20(21)29-14-7-6-13(11-24)16(23)10-14/h6-10,12,19-20H,1-5H3,(H,26,27). The predicted octanol–water partition coefficient (Wildman–Crippen LogP) is 4.23. The maximum Gasteiger partial charge on any atom is 0.270 e. The van der Waals surface area contributed by atoms with Crippen molar-refractivity contribution in [1.82, 2.24) is 10.3 Å². The first-order chi connectivity index (χ1) is 13.6. The lowest BCUT2D eigenvalue weighted by Crippen LogP contribution is -2.74. The van der Waals surface area contributed by atoms with Crippen LogP contribution in [0.25, 0.3) is 0 Å². The number of amides is 1. The van der Waals surface area contributed by atoms with Crippen LogP contribution >= 0.6 is 11.6 Å². The van der Waals surface area contributed by atoms with E-state index in [4.69, 9.17) is 26.3 Å². The lowest BCUT2D eigenvalue weighted by atomic mass is 9.49. The fourth-order valence-electron chi connectivity index (χ4n) is 4.44. The normalized spacial score (nSPS) is 21.4. The van der Waals surface area contributed by atoms with E-state index < -0.39 is 0 Å². The van der Waals surface area contributed by atoms with Crippen molar-refractivity contribution in [2.45, 2.75) is 39.8 Å². The lowest BCUT2D eigenvalue weighted by Gasteiger charge is -2.63. The summed E-state index contributed by atoms with van der Waals surface area (Å²) in [5.41, 5.74) is 0.0850. The number of benzene rings is 1. The topological polar surface area (TPSA) is 84.2 Å². The quantitative estimate of drug-likeness (QED) is 0.792. The molecule has 0 aliphatic heterocycles. The molecule has 0 radical (unpaired) electrons. The fourth-order valence-corrected chi connectivity index (χ4v) is 4.65. The van der Waals surface area contributed by atoms with Crippen LogP contribution in [-0.2, 0) is 0 Å². The molecule has 29 heavy (non-hydrogen) atoms. The monoisotopic (exact) mass is 413 g/mol. The summed E-state index contributed by atoms with van der Waals surface area (Å²) in [4.78, 5) is 16.9. The zero-order valence-corrected chi connectivity index (χ0v) is 17.9. The first-order valence-corrected chi connectivity index (χ1v) is 9.66. The molecule has 0 atom stereocenters. The highest BCUT2D eigenvalue weighted by molar-refractivity contribution is 6.31. The van der Waals surface area contributed by atoms with Gasteiger partial charge in [-0.05, 0) is 24.3 Å². The van der Waals surface area contributed by atoms with E-state index in [0.717, 1.165) is 0 Å². The number of hydrogen-bond acceptors (Lipinski definition) is 5. The molecule has 1 aliphatic carbocycles. The SMILES string of the molecule is COc1ccc(C(=O)NC2C(C)(C)C(Oc3ccc(C#N)c(Cl)c3)C2(C)C)nc1. The number of methoxy groups -OCH3 is 1. The van der Waals surface area contributed by atoms with Crippen molar-refractivity contribution in [2.24, 2.45) is 10.8 Å². The minimum Gasteiger partial charge on any atom is -0.495 e. The highest BCUT2D eigenvalue weighted by Crippen LogP contribution is 2.55. The van der Waals surface area contributed by atoms with E-state index in [-0.39, 0.29) is 28.9 Å². The maximum atomic E-state index is 12.7. The Kier molecular flexibility index (Phi) is 5.46. The van der Waals surface area contributed by atoms with E-state index in [0.29, 0.717) is 27.8 Å². The van der Waals surface area contributed by atoms with E-state index >= 15 is 0 Å². The van der Waals surface area contributed by atoms with Crippen LogP contribution in [0.3, 0.4) is 0 Å². The van der Waals surface area contributed by atoms with Crippen LogP contribution in [0.4, 0.5) is 0 Å². The molecular weight excluding hydrogens is 390 g/mol. The molecule has 1 heterocycles. The molecule has 0 saturated heterocycles. The van der Waals surface area contributed by atoms with Crippen molar-refractivity contribution >= 4 is 17.5 Å². The second-order valence-electron chi connectivity index (χ2n) is 8.38. The number of rotatable bonds is 5. The third-order valence-electron chi connectivity index (χ3n) is 5.63. The second-order valence-corrected chi connectivity index (χ2v) is 8.79. The number of carbonyl (C=O) groups excluding carboxylic acids is 1. The van der Waals surface area contributed by atoms with Gasteiger partial charge in [0.15, 0.2) is 0 Å². The first kappa shape index (κ1) is 20.9. The molecular formula is C22H24ClN3O3. The van der Waals surface area contributed by atoms with Crippen LogP contribution in [0.1, 0.15) is 43.7 Å². The molecule has 0 unspecified atom stereocenters. The smallest absolute Gasteiger partial charge is 0.270 e. The fraction of sp³-hybridized carbons (Fsp3) is 0.409. The van der Waals surface area contributed by atoms with Gasteiger partial charge in [-0.1, -0.05) is 39.3 Å². The van der Waals surface area contributed by atoms with Gasteiger partial charge in [-0.25, -0.2) is 4.98 Å². The van der Waals surface area contributed by atoms with Gasteiger partial charge in [0.25, 0.3) is 5.91 Å². The minimum atomic E-state index is -0.327. The van der Waals surface area contributed by atoms with Crippen LogP contribution in [0.15, 0.2) is 36.5 Å². The van der Waals surface area contributed by atoms with Gasteiger partial charge in [0, 0.05) is 22.9 Å². The van der Waals surface area contributed by atoms with Gasteiger partial charge in [0.2, 0.25) is 0 Å². The number of halogens is 1. The van der Waals surface area contributed by atoms with Crippen molar-refractivity contribution in [3.63, 3.8) is 0 Å². The van der Waals surface area contributed by atoms with Crippen molar-refractivity contribution in [3.05, 3.63) is 52.8 Å². The molecule has 7 heteroatoms. The number of ether oxygens (including phenoxy) is 2. The summed E-state index contributed by atoms with van der Waals surface area (Å²) in [5, 5.41) is 12.5. The van der Waals surface area contributed by atoms with Crippen molar-refractivity contribution in [1.29, 1.82) is 5.26 Å². The van der Waals surface area contributed by atoms with Gasteiger partial charge in [-0.2, -0.15) is 5.26 Å². The molecule has 152 valence electrons. The predicted molar refractivity (Wildman–Crippen MR) is 110 cm³/mol. The number of nitrogens with one attached hydrogen (secondary N) is 1. The Morgan fingerprint density at radius 1 is 1.17 bits per heavy atom. The van der Waals surface area contributed by atoms with Crippen molar-refractivity contribution in [2.75, 3.05) is 7.11 Å². The largest absolute Gasteiger partial charge is 0.495 e. The molecule has 6 nitrogen and oxygen atoms in total. The highest BCUT2D eigenvalue weighted by atomic mass is 35.5. The number of nitriles is 1. The Bertz CT molecular complexity index is 948. The first-order valence-electron chi connectivity index (χ1n) is 9.28. The third-order valence-corrected chi connectivity index (χ3v) is 5.95. The summed E-state index contributed by atoms with van der Waals surface area (Å²) < 4.78 is 11.3. The van der Waals surface area contributed by atoms with E-state index in [1.54, 1.807) is 37.4 Å². The second kappa shape index (κ2) is 7.57. The number of carbonyl (C=O) groups is 1. The molecule has 1 saturated carbocycles. The van der Waals surface area contributed by atoms with Crippen molar-refractivity contribution in [3.8, 4) is 17.6 Å². The molecule has 1 fully saturated rings. The molecule has 1 aromatic heterocycles. The number of hydrogen-bond donors (Lipinski definition) is 1. The zero-order valence-electron chi connectivity index (χ0n) is 17.1. The van der Waals surface area contributed by atoms with Crippen LogP contribution in [0.2, 0.25) is 5.02 Å².